The number of anilines is 1. The Morgan fingerprint density at radius 1 is 1.00 bits per heavy atom. The van der Waals surface area contributed by atoms with Crippen molar-refractivity contribution in [1.29, 1.82) is 0 Å². The van der Waals surface area contributed by atoms with Crippen LogP contribution in [0.15, 0.2) is 60.7 Å². The Hall–Kier alpha value is -2.62. The highest BCUT2D eigenvalue weighted by atomic mass is 16.4. The Balaban J connectivity index is 2.18. The van der Waals surface area contributed by atoms with Gasteiger partial charge in [-0.15, -0.1) is 0 Å². The maximum absolute atomic E-state index is 12.5. The normalized spacial score (nSPS) is 13.1. The summed E-state index contributed by atoms with van der Waals surface area (Å²) in [6.07, 6.45) is -0.200. The third-order valence-corrected chi connectivity index (χ3v) is 3.70. The van der Waals surface area contributed by atoms with Crippen LogP contribution in [0.4, 0.5) is 5.69 Å². The fourth-order valence-electron chi connectivity index (χ4n) is 2.43. The summed E-state index contributed by atoms with van der Waals surface area (Å²) in [6.45, 7) is 1.88. The van der Waals surface area contributed by atoms with Crippen molar-refractivity contribution in [1.82, 2.24) is 0 Å². The van der Waals surface area contributed by atoms with Crippen molar-refractivity contribution >= 4 is 17.6 Å². The van der Waals surface area contributed by atoms with Gasteiger partial charge in [-0.25, -0.2) is 0 Å². The number of rotatable bonds is 6. The van der Waals surface area contributed by atoms with E-state index in [1.165, 1.54) is 0 Å². The lowest BCUT2D eigenvalue weighted by Gasteiger charge is -2.22. The zero-order valence-electron chi connectivity index (χ0n) is 12.4. The Kier molecular flexibility index (Phi) is 5.31. The molecule has 2 N–H and O–H groups in total. The average molecular weight is 297 g/mol. The van der Waals surface area contributed by atoms with Crippen molar-refractivity contribution < 1.29 is 14.7 Å². The number of aliphatic carboxylic acids is 1. The van der Waals surface area contributed by atoms with Crippen LogP contribution in [0.5, 0.6) is 0 Å². The lowest BCUT2D eigenvalue weighted by Crippen LogP contribution is -2.29. The second-order valence-electron chi connectivity index (χ2n) is 5.26. The van der Waals surface area contributed by atoms with Crippen LogP contribution in [0.25, 0.3) is 0 Å². The molecule has 0 aliphatic rings. The predicted octanol–water partition coefficient (Wildman–Crippen LogP) is 3.52. The number of carbonyl (C=O) groups excluding carboxylic acids is 1. The van der Waals surface area contributed by atoms with Crippen molar-refractivity contribution in [2.45, 2.75) is 19.3 Å². The van der Waals surface area contributed by atoms with Crippen LogP contribution in [0.3, 0.4) is 0 Å². The first-order valence-corrected chi connectivity index (χ1v) is 7.20. The minimum atomic E-state index is -0.976. The van der Waals surface area contributed by atoms with Gasteiger partial charge in [0.15, 0.2) is 0 Å². The molecule has 0 heterocycles. The van der Waals surface area contributed by atoms with Gasteiger partial charge in [-0.1, -0.05) is 55.5 Å². The minimum Gasteiger partial charge on any atom is -0.481 e. The highest BCUT2D eigenvalue weighted by Gasteiger charge is 2.28. The van der Waals surface area contributed by atoms with Gasteiger partial charge in [0.05, 0.1) is 12.3 Å². The van der Waals surface area contributed by atoms with Crippen LogP contribution in [-0.4, -0.2) is 17.0 Å². The fraction of sp³-hybridized carbons (Fsp3) is 0.222. The van der Waals surface area contributed by atoms with E-state index in [2.05, 4.69) is 5.32 Å². The van der Waals surface area contributed by atoms with Gasteiger partial charge in [0.25, 0.3) is 0 Å². The molecule has 0 saturated carbocycles. The van der Waals surface area contributed by atoms with E-state index in [9.17, 15) is 9.59 Å². The molecule has 0 saturated heterocycles. The standard InChI is InChI=1S/C18H19NO3/c1-13(14-8-4-2-5-9-14)16(12-17(20)21)18(22)19-15-10-6-3-7-11-15/h2-11,13,16H,12H2,1H3,(H,19,22)(H,20,21)/t13-,16-/m1/s1. The van der Waals surface area contributed by atoms with Crippen molar-refractivity contribution in [3.8, 4) is 0 Å². The lowest BCUT2D eigenvalue weighted by molar-refractivity contribution is -0.140. The number of hydrogen-bond donors (Lipinski definition) is 2. The van der Waals surface area contributed by atoms with Crippen molar-refractivity contribution in [3.63, 3.8) is 0 Å². The summed E-state index contributed by atoms with van der Waals surface area (Å²) in [5, 5.41) is 11.9. The fourth-order valence-corrected chi connectivity index (χ4v) is 2.43. The second kappa shape index (κ2) is 7.41. The molecule has 2 atom stereocenters. The molecule has 4 heteroatoms. The number of para-hydroxylation sites is 1. The summed E-state index contributed by atoms with van der Waals surface area (Å²) in [5.74, 6) is -2.05. The van der Waals surface area contributed by atoms with E-state index in [1.54, 1.807) is 12.1 Å². The Bertz CT molecular complexity index is 625. The Morgan fingerprint density at radius 2 is 1.55 bits per heavy atom. The van der Waals surface area contributed by atoms with Crippen molar-refractivity contribution in [2.24, 2.45) is 5.92 Å². The molecule has 4 nitrogen and oxygen atoms in total. The second-order valence-corrected chi connectivity index (χ2v) is 5.26. The van der Waals surface area contributed by atoms with Gasteiger partial charge >= 0.3 is 5.97 Å². The SMILES string of the molecule is C[C@H](c1ccccc1)[C@@H](CC(=O)O)C(=O)Nc1ccccc1. The third-order valence-electron chi connectivity index (χ3n) is 3.70. The number of carbonyl (C=O) groups is 2. The summed E-state index contributed by atoms with van der Waals surface area (Å²) in [7, 11) is 0. The van der Waals surface area contributed by atoms with E-state index in [4.69, 9.17) is 5.11 Å². The van der Waals surface area contributed by atoms with Crippen LogP contribution in [0, 0.1) is 5.92 Å². The van der Waals surface area contributed by atoms with E-state index in [1.807, 2.05) is 55.5 Å². The topological polar surface area (TPSA) is 66.4 Å². The van der Waals surface area contributed by atoms with Crippen LogP contribution < -0.4 is 5.32 Å². The molecule has 22 heavy (non-hydrogen) atoms. The van der Waals surface area contributed by atoms with E-state index in [0.717, 1.165) is 5.56 Å². The molecule has 1 amide bonds. The molecule has 0 spiro atoms. The molecule has 0 bridgehead atoms. The molecule has 2 aromatic rings. The number of carboxylic acid groups (broad SMARTS) is 1. The average Bonchev–Trinajstić information content (AvgIpc) is 2.53. The molecule has 2 rings (SSSR count). The first-order chi connectivity index (χ1) is 10.6. The first kappa shape index (κ1) is 15.8. The molecular weight excluding hydrogens is 278 g/mol. The molecule has 2 aromatic carbocycles. The molecular formula is C18H19NO3. The molecule has 0 aliphatic carbocycles. The number of carboxylic acids is 1. The number of hydrogen-bond acceptors (Lipinski definition) is 2. The zero-order valence-corrected chi connectivity index (χ0v) is 12.4. The Labute approximate surface area is 129 Å². The third kappa shape index (κ3) is 4.19. The summed E-state index contributed by atoms with van der Waals surface area (Å²) in [4.78, 5) is 23.6. The van der Waals surface area contributed by atoms with Gasteiger partial charge < -0.3 is 10.4 Å². The molecule has 0 unspecified atom stereocenters. The largest absolute Gasteiger partial charge is 0.481 e. The number of nitrogens with one attached hydrogen (secondary N) is 1. The number of benzene rings is 2. The van der Waals surface area contributed by atoms with Gasteiger partial charge in [0.2, 0.25) is 5.91 Å². The summed E-state index contributed by atoms with van der Waals surface area (Å²) < 4.78 is 0. The van der Waals surface area contributed by atoms with Gasteiger partial charge in [-0.2, -0.15) is 0 Å². The molecule has 0 aliphatic heterocycles. The van der Waals surface area contributed by atoms with Crippen molar-refractivity contribution in [3.05, 3.63) is 66.2 Å². The van der Waals surface area contributed by atoms with E-state index in [-0.39, 0.29) is 18.2 Å². The van der Waals surface area contributed by atoms with Gasteiger partial charge in [-0.3, -0.25) is 9.59 Å². The van der Waals surface area contributed by atoms with E-state index in [0.29, 0.717) is 5.69 Å². The maximum atomic E-state index is 12.5. The van der Waals surface area contributed by atoms with Gasteiger partial charge in [-0.05, 0) is 23.6 Å². The highest BCUT2D eigenvalue weighted by molar-refractivity contribution is 5.95. The quantitative estimate of drug-likeness (QED) is 0.857. The molecule has 0 radical (unpaired) electrons. The molecule has 114 valence electrons. The predicted molar refractivity (Wildman–Crippen MR) is 85.7 cm³/mol. The van der Waals surface area contributed by atoms with Crippen LogP contribution in [-0.2, 0) is 9.59 Å². The Morgan fingerprint density at radius 3 is 2.09 bits per heavy atom. The van der Waals surface area contributed by atoms with Crippen molar-refractivity contribution in [2.75, 3.05) is 5.32 Å². The summed E-state index contributed by atoms with van der Waals surface area (Å²) in [5.41, 5.74) is 1.63. The van der Waals surface area contributed by atoms with Crippen LogP contribution in [0.1, 0.15) is 24.8 Å². The zero-order chi connectivity index (χ0) is 15.9. The summed E-state index contributed by atoms with van der Waals surface area (Å²) in [6, 6.07) is 18.6. The maximum Gasteiger partial charge on any atom is 0.304 e. The van der Waals surface area contributed by atoms with Gasteiger partial charge in [0.1, 0.15) is 0 Å². The molecule has 0 fully saturated rings. The molecule has 0 aromatic heterocycles. The van der Waals surface area contributed by atoms with Gasteiger partial charge in [0, 0.05) is 5.69 Å². The monoisotopic (exact) mass is 297 g/mol. The smallest absolute Gasteiger partial charge is 0.304 e. The van der Waals surface area contributed by atoms with E-state index < -0.39 is 11.9 Å². The van der Waals surface area contributed by atoms with E-state index >= 15 is 0 Å². The minimum absolute atomic E-state index is 0.180. The van der Waals surface area contributed by atoms with Crippen LogP contribution in [0.2, 0.25) is 0 Å². The lowest BCUT2D eigenvalue weighted by atomic mass is 9.84. The summed E-state index contributed by atoms with van der Waals surface area (Å²) >= 11 is 0. The first-order valence-electron chi connectivity index (χ1n) is 7.20. The highest BCUT2D eigenvalue weighted by Crippen LogP contribution is 2.28. The number of amides is 1. The van der Waals surface area contributed by atoms with Crippen LogP contribution >= 0.6 is 0 Å².